The quantitative estimate of drug-likeness (QED) is 0.640. The molecule has 0 radical (unpaired) electrons. The van der Waals surface area contributed by atoms with Crippen LogP contribution < -0.4 is 10.2 Å². The van der Waals surface area contributed by atoms with Gasteiger partial charge in [-0.2, -0.15) is 0 Å². The summed E-state index contributed by atoms with van der Waals surface area (Å²) in [4.78, 5) is 41.5. The van der Waals surface area contributed by atoms with Crippen LogP contribution in [0.4, 0.5) is 5.69 Å². The Morgan fingerprint density at radius 2 is 1.96 bits per heavy atom. The molecule has 24 heavy (non-hydrogen) atoms. The van der Waals surface area contributed by atoms with Crippen molar-refractivity contribution >= 4 is 23.4 Å². The molecule has 0 aromatic heterocycles. The Bertz CT molecular complexity index is 789. The van der Waals surface area contributed by atoms with Crippen molar-refractivity contribution in [3.63, 3.8) is 0 Å². The summed E-state index contributed by atoms with van der Waals surface area (Å²) in [5.74, 6) is -1.89. The highest BCUT2D eigenvalue weighted by Crippen LogP contribution is 2.54. The number of hydrogen-bond donors (Lipinski definition) is 1. The van der Waals surface area contributed by atoms with Crippen molar-refractivity contribution in [3.8, 4) is 0 Å². The second-order valence-corrected chi connectivity index (χ2v) is 6.70. The number of imide groups is 1. The number of para-hydroxylation sites is 1. The van der Waals surface area contributed by atoms with Gasteiger partial charge in [-0.3, -0.25) is 24.6 Å². The van der Waals surface area contributed by atoms with Crippen LogP contribution in [0.15, 0.2) is 36.9 Å². The highest BCUT2D eigenvalue weighted by molar-refractivity contribution is 6.15. The zero-order valence-electron chi connectivity index (χ0n) is 13.7. The van der Waals surface area contributed by atoms with E-state index in [0.29, 0.717) is 6.54 Å². The largest absolute Gasteiger partial charge is 0.306 e. The van der Waals surface area contributed by atoms with Crippen LogP contribution in [-0.2, 0) is 19.9 Å². The highest BCUT2D eigenvalue weighted by Gasteiger charge is 2.70. The molecule has 2 saturated heterocycles. The Kier molecular flexibility index (Phi) is 3.00. The van der Waals surface area contributed by atoms with E-state index in [1.165, 1.54) is 11.9 Å². The molecule has 3 amide bonds. The van der Waals surface area contributed by atoms with E-state index in [0.717, 1.165) is 11.3 Å². The minimum Gasteiger partial charge on any atom is -0.306 e. The van der Waals surface area contributed by atoms with Crippen LogP contribution in [0.3, 0.4) is 0 Å². The summed E-state index contributed by atoms with van der Waals surface area (Å²) in [5, 5.41) is 3.31. The summed E-state index contributed by atoms with van der Waals surface area (Å²) in [6, 6.07) is 7.21. The lowest BCUT2D eigenvalue weighted by Gasteiger charge is -2.29. The van der Waals surface area contributed by atoms with Gasteiger partial charge in [0.1, 0.15) is 5.54 Å². The minimum atomic E-state index is -1.17. The van der Waals surface area contributed by atoms with Gasteiger partial charge in [0.25, 0.3) is 5.91 Å². The Morgan fingerprint density at radius 1 is 1.25 bits per heavy atom. The molecule has 124 valence electrons. The monoisotopic (exact) mass is 325 g/mol. The van der Waals surface area contributed by atoms with Gasteiger partial charge in [0.15, 0.2) is 0 Å². The molecule has 0 saturated carbocycles. The number of nitrogens with zero attached hydrogens (tertiary/aromatic N) is 2. The normalized spacial score (nSPS) is 34.2. The van der Waals surface area contributed by atoms with Crippen LogP contribution in [0.2, 0.25) is 0 Å². The molecule has 3 aliphatic heterocycles. The standard InChI is InChI=1S/C18H19N3O3/c1-4-9-21-12-8-6-5-7-11(12)18(17(21)24)14-13(10(2)19-18)15(22)20(3)16(14)23/h4-8,10,13-14,19H,1,9H2,2-3H3/t10-,13-,14-,18-/m0/s1. The maximum absolute atomic E-state index is 13.4. The maximum Gasteiger partial charge on any atom is 0.253 e. The second-order valence-electron chi connectivity index (χ2n) is 6.70. The lowest BCUT2D eigenvalue weighted by atomic mass is 9.76. The van der Waals surface area contributed by atoms with Crippen molar-refractivity contribution < 1.29 is 14.4 Å². The summed E-state index contributed by atoms with van der Waals surface area (Å²) in [7, 11) is 1.50. The van der Waals surface area contributed by atoms with E-state index in [-0.39, 0.29) is 23.8 Å². The van der Waals surface area contributed by atoms with Crippen LogP contribution in [0.5, 0.6) is 0 Å². The van der Waals surface area contributed by atoms with Crippen molar-refractivity contribution in [2.75, 3.05) is 18.5 Å². The Balaban J connectivity index is 1.95. The van der Waals surface area contributed by atoms with Gasteiger partial charge < -0.3 is 4.90 Å². The summed E-state index contributed by atoms with van der Waals surface area (Å²) >= 11 is 0. The molecule has 6 nitrogen and oxygen atoms in total. The SMILES string of the molecule is C=CCN1C(=O)[C@]2(N[C@@H](C)[C@@H]3C(=O)N(C)C(=O)[C@H]32)c2ccccc21. The number of nitrogens with one attached hydrogen (secondary N) is 1. The number of rotatable bonds is 2. The fourth-order valence-corrected chi connectivity index (χ4v) is 4.56. The minimum absolute atomic E-state index is 0.181. The Hall–Kier alpha value is -2.47. The number of benzene rings is 1. The third-order valence-electron chi connectivity index (χ3n) is 5.55. The first kappa shape index (κ1) is 15.1. The third kappa shape index (κ3) is 1.52. The molecular formula is C18H19N3O3. The number of fused-ring (bicyclic) bond motifs is 4. The molecule has 3 aliphatic rings. The predicted molar refractivity (Wildman–Crippen MR) is 88.0 cm³/mol. The number of anilines is 1. The average molecular weight is 325 g/mol. The zero-order chi connectivity index (χ0) is 17.2. The van der Waals surface area contributed by atoms with Gasteiger partial charge in [-0.15, -0.1) is 6.58 Å². The first-order valence-corrected chi connectivity index (χ1v) is 8.06. The predicted octanol–water partition coefficient (Wildman–Crippen LogP) is 0.637. The number of carbonyl (C=O) groups is 3. The highest BCUT2D eigenvalue weighted by atomic mass is 16.2. The van der Waals surface area contributed by atoms with Gasteiger partial charge in [-0.25, -0.2) is 0 Å². The molecular weight excluding hydrogens is 306 g/mol. The van der Waals surface area contributed by atoms with Crippen LogP contribution in [0.1, 0.15) is 12.5 Å². The second kappa shape index (κ2) is 4.77. The topological polar surface area (TPSA) is 69.7 Å². The molecule has 0 aliphatic carbocycles. The van der Waals surface area contributed by atoms with Gasteiger partial charge in [-0.1, -0.05) is 24.3 Å². The van der Waals surface area contributed by atoms with E-state index in [2.05, 4.69) is 11.9 Å². The average Bonchev–Trinajstić information content (AvgIpc) is 3.10. The van der Waals surface area contributed by atoms with E-state index in [9.17, 15) is 14.4 Å². The van der Waals surface area contributed by atoms with E-state index < -0.39 is 17.4 Å². The molecule has 1 N–H and O–H groups in total. The molecule has 4 atom stereocenters. The molecule has 4 rings (SSSR count). The van der Waals surface area contributed by atoms with Crippen molar-refractivity contribution in [3.05, 3.63) is 42.5 Å². The fourth-order valence-electron chi connectivity index (χ4n) is 4.56. The first-order chi connectivity index (χ1) is 11.4. The number of amides is 3. The Morgan fingerprint density at radius 3 is 2.67 bits per heavy atom. The molecule has 0 bridgehead atoms. The van der Waals surface area contributed by atoms with Crippen LogP contribution >= 0.6 is 0 Å². The van der Waals surface area contributed by atoms with E-state index >= 15 is 0 Å². The van der Waals surface area contributed by atoms with Crippen LogP contribution in [0.25, 0.3) is 0 Å². The molecule has 3 heterocycles. The molecule has 6 heteroatoms. The summed E-state index contributed by atoms with van der Waals surface area (Å²) in [6.45, 7) is 5.95. The van der Waals surface area contributed by atoms with Crippen molar-refractivity contribution in [2.45, 2.75) is 18.5 Å². The van der Waals surface area contributed by atoms with E-state index in [1.54, 1.807) is 11.0 Å². The summed E-state index contributed by atoms with van der Waals surface area (Å²) < 4.78 is 0. The lowest BCUT2D eigenvalue weighted by Crippen LogP contribution is -2.54. The van der Waals surface area contributed by atoms with Gasteiger partial charge in [-0.05, 0) is 13.0 Å². The molecule has 0 unspecified atom stereocenters. The smallest absolute Gasteiger partial charge is 0.253 e. The molecule has 1 aromatic carbocycles. The zero-order valence-corrected chi connectivity index (χ0v) is 13.7. The fraction of sp³-hybridized carbons (Fsp3) is 0.389. The van der Waals surface area contributed by atoms with Gasteiger partial charge >= 0.3 is 0 Å². The third-order valence-corrected chi connectivity index (χ3v) is 5.55. The summed E-state index contributed by atoms with van der Waals surface area (Å²) in [5.41, 5.74) is 0.381. The van der Waals surface area contributed by atoms with Gasteiger partial charge in [0.05, 0.1) is 11.8 Å². The molecule has 1 aromatic rings. The first-order valence-electron chi connectivity index (χ1n) is 8.06. The number of hydrogen-bond acceptors (Lipinski definition) is 4. The Labute approximate surface area is 140 Å². The van der Waals surface area contributed by atoms with Crippen molar-refractivity contribution in [1.29, 1.82) is 0 Å². The van der Waals surface area contributed by atoms with E-state index in [4.69, 9.17) is 0 Å². The van der Waals surface area contributed by atoms with Crippen molar-refractivity contribution in [2.24, 2.45) is 11.8 Å². The maximum atomic E-state index is 13.4. The lowest BCUT2D eigenvalue weighted by molar-refractivity contribution is -0.141. The van der Waals surface area contributed by atoms with Gasteiger partial charge in [0, 0.05) is 30.9 Å². The van der Waals surface area contributed by atoms with Crippen LogP contribution in [0, 0.1) is 11.8 Å². The number of carbonyl (C=O) groups excluding carboxylic acids is 3. The van der Waals surface area contributed by atoms with Crippen molar-refractivity contribution in [1.82, 2.24) is 10.2 Å². The van der Waals surface area contributed by atoms with E-state index in [1.807, 2.05) is 31.2 Å². The number of likely N-dealkylation sites (tertiary alicyclic amines) is 1. The molecule has 2 fully saturated rings. The van der Waals surface area contributed by atoms with Gasteiger partial charge in [0.2, 0.25) is 11.8 Å². The summed E-state index contributed by atoms with van der Waals surface area (Å²) in [6.07, 6.45) is 1.66. The molecule has 1 spiro atoms. The van der Waals surface area contributed by atoms with Crippen LogP contribution in [-0.4, -0.2) is 42.3 Å².